The summed E-state index contributed by atoms with van der Waals surface area (Å²) in [5.41, 5.74) is 1.59. The van der Waals surface area contributed by atoms with Gasteiger partial charge in [-0.3, -0.25) is 4.79 Å². The molecular weight excluding hydrogens is 304 g/mol. The summed E-state index contributed by atoms with van der Waals surface area (Å²) < 4.78 is 0. The largest absolute Gasteiger partial charge is 0.388 e. The molecule has 1 fully saturated rings. The molecule has 3 rings (SSSR count). The first-order valence-electron chi connectivity index (χ1n) is 9.01. The van der Waals surface area contributed by atoms with Crippen molar-refractivity contribution in [1.82, 2.24) is 14.9 Å². The molecule has 0 radical (unpaired) electrons. The third-order valence-electron chi connectivity index (χ3n) is 5.39. The fourth-order valence-corrected chi connectivity index (χ4v) is 3.86. The first-order valence-corrected chi connectivity index (χ1v) is 9.01. The van der Waals surface area contributed by atoms with Crippen LogP contribution in [0.15, 0.2) is 0 Å². The van der Waals surface area contributed by atoms with Gasteiger partial charge in [0.1, 0.15) is 11.6 Å². The number of aromatic nitrogens is 2. The molecule has 0 bridgehead atoms. The Hall–Kier alpha value is -1.69. The minimum atomic E-state index is -0.625. The molecule has 1 saturated heterocycles. The van der Waals surface area contributed by atoms with Crippen molar-refractivity contribution in [2.24, 2.45) is 0 Å². The predicted molar refractivity (Wildman–Crippen MR) is 93.1 cm³/mol. The molecule has 0 aliphatic carbocycles. The lowest BCUT2D eigenvalue weighted by atomic mass is 9.90. The average Bonchev–Trinajstić information content (AvgIpc) is 2.76. The number of aliphatic hydroxyl groups is 1. The summed E-state index contributed by atoms with van der Waals surface area (Å²) in [5.74, 6) is 1.85. The van der Waals surface area contributed by atoms with E-state index in [9.17, 15) is 9.90 Å². The van der Waals surface area contributed by atoms with Gasteiger partial charge in [0.05, 0.1) is 11.3 Å². The Morgan fingerprint density at radius 3 is 2.71 bits per heavy atom. The van der Waals surface area contributed by atoms with Crippen LogP contribution in [0.2, 0.25) is 0 Å². The molecule has 24 heavy (non-hydrogen) atoms. The van der Waals surface area contributed by atoms with Gasteiger partial charge in [0.25, 0.3) is 0 Å². The Balaban J connectivity index is 1.92. The SMILES string of the molecule is CC[C@@]1(O)CCCN(c2nc(C)nc3c2CCN(C(C)=O)CC3)C1. The highest BCUT2D eigenvalue weighted by Crippen LogP contribution is 2.31. The van der Waals surface area contributed by atoms with E-state index < -0.39 is 5.60 Å². The number of hydrogen-bond acceptors (Lipinski definition) is 5. The molecule has 1 amide bonds. The van der Waals surface area contributed by atoms with Crippen LogP contribution in [0.3, 0.4) is 0 Å². The maximum absolute atomic E-state index is 11.7. The lowest BCUT2D eigenvalue weighted by molar-refractivity contribution is -0.128. The number of amides is 1. The van der Waals surface area contributed by atoms with E-state index in [1.807, 2.05) is 18.7 Å². The van der Waals surface area contributed by atoms with Gasteiger partial charge >= 0.3 is 0 Å². The van der Waals surface area contributed by atoms with Crippen LogP contribution < -0.4 is 4.90 Å². The molecule has 0 spiro atoms. The van der Waals surface area contributed by atoms with Crippen LogP contribution in [0.1, 0.15) is 50.2 Å². The van der Waals surface area contributed by atoms with Crippen molar-refractivity contribution in [3.05, 3.63) is 17.1 Å². The van der Waals surface area contributed by atoms with Crippen molar-refractivity contribution in [2.75, 3.05) is 31.1 Å². The standard InChI is InChI=1S/C18H28N4O2/c1-4-18(24)8-5-9-22(12-18)17-15-6-10-21(14(3)23)11-7-16(15)19-13(2)20-17/h24H,4-12H2,1-3H3/t18-/m1/s1. The van der Waals surface area contributed by atoms with E-state index in [0.717, 1.165) is 68.1 Å². The van der Waals surface area contributed by atoms with Crippen molar-refractivity contribution in [1.29, 1.82) is 0 Å². The minimum absolute atomic E-state index is 0.118. The van der Waals surface area contributed by atoms with Crippen molar-refractivity contribution in [3.8, 4) is 0 Å². The number of anilines is 1. The van der Waals surface area contributed by atoms with E-state index in [4.69, 9.17) is 4.98 Å². The maximum Gasteiger partial charge on any atom is 0.219 e. The number of fused-ring (bicyclic) bond motifs is 1. The van der Waals surface area contributed by atoms with Crippen molar-refractivity contribution in [2.45, 2.75) is 58.5 Å². The van der Waals surface area contributed by atoms with Crippen molar-refractivity contribution in [3.63, 3.8) is 0 Å². The molecule has 6 heteroatoms. The van der Waals surface area contributed by atoms with Gasteiger partial charge in [0, 0.05) is 45.1 Å². The quantitative estimate of drug-likeness (QED) is 0.888. The van der Waals surface area contributed by atoms with Gasteiger partial charge in [-0.1, -0.05) is 6.92 Å². The number of aryl methyl sites for hydroxylation is 1. The first kappa shape index (κ1) is 17.1. The zero-order chi connectivity index (χ0) is 17.3. The second kappa shape index (κ2) is 6.67. The molecule has 6 nitrogen and oxygen atoms in total. The molecule has 2 aliphatic rings. The Bertz CT molecular complexity index is 634. The third kappa shape index (κ3) is 3.38. The van der Waals surface area contributed by atoms with Crippen LogP contribution in [0, 0.1) is 6.92 Å². The average molecular weight is 332 g/mol. The summed E-state index contributed by atoms with van der Waals surface area (Å²) in [5, 5.41) is 10.7. The van der Waals surface area contributed by atoms with Gasteiger partial charge in [-0.2, -0.15) is 0 Å². The third-order valence-corrected chi connectivity index (χ3v) is 5.39. The first-order chi connectivity index (χ1) is 11.4. The fraction of sp³-hybridized carbons (Fsp3) is 0.722. The Morgan fingerprint density at radius 1 is 1.25 bits per heavy atom. The number of nitrogens with zero attached hydrogens (tertiary/aromatic N) is 4. The fourth-order valence-electron chi connectivity index (χ4n) is 3.86. The van der Waals surface area contributed by atoms with E-state index in [2.05, 4.69) is 9.88 Å². The summed E-state index contributed by atoms with van der Waals surface area (Å²) in [7, 11) is 0. The summed E-state index contributed by atoms with van der Waals surface area (Å²) in [6.07, 6.45) is 4.14. The van der Waals surface area contributed by atoms with Crippen molar-refractivity contribution < 1.29 is 9.90 Å². The minimum Gasteiger partial charge on any atom is -0.388 e. The number of hydrogen-bond donors (Lipinski definition) is 1. The van der Waals surface area contributed by atoms with Crippen LogP contribution in [-0.4, -0.2) is 57.7 Å². The summed E-state index contributed by atoms with van der Waals surface area (Å²) in [4.78, 5) is 25.2. The van der Waals surface area contributed by atoms with Crippen LogP contribution in [0.25, 0.3) is 0 Å². The molecule has 1 aromatic rings. The van der Waals surface area contributed by atoms with Gasteiger partial charge < -0.3 is 14.9 Å². The Labute approximate surface area is 143 Å². The summed E-state index contributed by atoms with van der Waals surface area (Å²) in [6, 6.07) is 0. The molecule has 2 aliphatic heterocycles. The van der Waals surface area contributed by atoms with Crippen molar-refractivity contribution >= 4 is 11.7 Å². The monoisotopic (exact) mass is 332 g/mol. The second-order valence-electron chi connectivity index (χ2n) is 7.13. The molecule has 1 atom stereocenters. The van der Waals surface area contributed by atoms with Gasteiger partial charge in [-0.15, -0.1) is 0 Å². The molecule has 0 saturated carbocycles. The van der Waals surface area contributed by atoms with E-state index in [0.29, 0.717) is 13.1 Å². The molecule has 0 aromatic carbocycles. The van der Waals surface area contributed by atoms with Gasteiger partial charge in [0.2, 0.25) is 5.91 Å². The zero-order valence-electron chi connectivity index (χ0n) is 15.0. The highest BCUT2D eigenvalue weighted by atomic mass is 16.3. The van der Waals surface area contributed by atoms with Crippen LogP contribution >= 0.6 is 0 Å². The molecular formula is C18H28N4O2. The van der Waals surface area contributed by atoms with Crippen LogP contribution in [0.5, 0.6) is 0 Å². The van der Waals surface area contributed by atoms with E-state index in [-0.39, 0.29) is 5.91 Å². The summed E-state index contributed by atoms with van der Waals surface area (Å²) >= 11 is 0. The summed E-state index contributed by atoms with van der Waals surface area (Å²) in [6.45, 7) is 8.57. The number of β-amino-alcohol motifs (C(OH)–C–C–N with tert-alkyl or cyclic N) is 1. The number of carbonyl (C=O) groups excluding carboxylic acids is 1. The smallest absolute Gasteiger partial charge is 0.219 e. The lowest BCUT2D eigenvalue weighted by Gasteiger charge is -2.40. The highest BCUT2D eigenvalue weighted by Gasteiger charge is 2.34. The molecule has 0 unspecified atom stereocenters. The lowest BCUT2D eigenvalue weighted by Crippen LogP contribution is -2.48. The van der Waals surface area contributed by atoms with E-state index in [1.165, 1.54) is 0 Å². The number of piperidine rings is 1. The molecule has 1 aromatic heterocycles. The van der Waals surface area contributed by atoms with Crippen LogP contribution in [-0.2, 0) is 17.6 Å². The normalized spacial score (nSPS) is 24.5. The van der Waals surface area contributed by atoms with Gasteiger partial charge in [-0.05, 0) is 32.6 Å². The zero-order valence-corrected chi connectivity index (χ0v) is 15.0. The predicted octanol–water partition coefficient (Wildman–Crippen LogP) is 1.47. The highest BCUT2D eigenvalue weighted by molar-refractivity contribution is 5.73. The van der Waals surface area contributed by atoms with Gasteiger partial charge in [-0.25, -0.2) is 9.97 Å². The Kier molecular flexibility index (Phi) is 4.76. The molecule has 3 heterocycles. The Morgan fingerprint density at radius 2 is 2.00 bits per heavy atom. The molecule has 1 N–H and O–H groups in total. The van der Waals surface area contributed by atoms with Crippen LogP contribution in [0.4, 0.5) is 5.82 Å². The maximum atomic E-state index is 11.7. The van der Waals surface area contributed by atoms with E-state index >= 15 is 0 Å². The number of carbonyl (C=O) groups is 1. The van der Waals surface area contributed by atoms with Gasteiger partial charge in [0.15, 0.2) is 0 Å². The van der Waals surface area contributed by atoms with E-state index in [1.54, 1.807) is 6.92 Å². The molecule has 132 valence electrons. The topological polar surface area (TPSA) is 69.6 Å². The number of rotatable bonds is 2. The second-order valence-corrected chi connectivity index (χ2v) is 7.13.